The number of aromatic nitrogens is 1. The summed E-state index contributed by atoms with van der Waals surface area (Å²) in [6, 6.07) is 8.13. The molecule has 2 heterocycles. The van der Waals surface area contributed by atoms with Crippen LogP contribution in [0.4, 0.5) is 5.69 Å². The first-order chi connectivity index (χ1) is 7.86. The summed E-state index contributed by atoms with van der Waals surface area (Å²) in [5.74, 6) is 0. The Hall–Kier alpha value is -1.28. The van der Waals surface area contributed by atoms with E-state index >= 15 is 0 Å². The highest BCUT2D eigenvalue weighted by molar-refractivity contribution is 6.35. The van der Waals surface area contributed by atoms with Crippen LogP contribution in [0.3, 0.4) is 0 Å². The Balaban J connectivity index is 2.21. The van der Waals surface area contributed by atoms with Crippen molar-refractivity contribution in [3.05, 3.63) is 35.5 Å². The van der Waals surface area contributed by atoms with E-state index in [1.807, 2.05) is 12.1 Å². The Labute approximate surface area is 99.8 Å². The lowest BCUT2D eigenvalue weighted by molar-refractivity contribution is 0.949. The maximum Gasteiger partial charge on any atom is 0.0908 e. The van der Waals surface area contributed by atoms with E-state index in [1.54, 1.807) is 6.20 Å². The van der Waals surface area contributed by atoms with E-state index in [0.29, 0.717) is 0 Å². The predicted molar refractivity (Wildman–Crippen MR) is 68.2 cm³/mol. The van der Waals surface area contributed by atoms with E-state index in [4.69, 9.17) is 11.6 Å². The van der Waals surface area contributed by atoms with Crippen LogP contribution in [0, 0.1) is 0 Å². The van der Waals surface area contributed by atoms with Crippen molar-refractivity contribution in [3.8, 4) is 0 Å². The average Bonchev–Trinajstić information content (AvgIpc) is 2.83. The third-order valence-corrected chi connectivity index (χ3v) is 3.45. The number of halogens is 1. The number of hydrogen-bond acceptors (Lipinski definition) is 2. The van der Waals surface area contributed by atoms with Crippen LogP contribution >= 0.6 is 11.6 Å². The van der Waals surface area contributed by atoms with Gasteiger partial charge >= 0.3 is 0 Å². The number of fused-ring (bicyclic) bond motifs is 1. The Morgan fingerprint density at radius 2 is 1.94 bits per heavy atom. The molecule has 0 spiro atoms. The minimum atomic E-state index is 0.735. The van der Waals surface area contributed by atoms with E-state index in [2.05, 4.69) is 22.0 Å². The first kappa shape index (κ1) is 9.91. The van der Waals surface area contributed by atoms with Crippen molar-refractivity contribution in [2.75, 3.05) is 18.0 Å². The molecule has 0 amide bonds. The largest absolute Gasteiger partial charge is 0.371 e. The van der Waals surface area contributed by atoms with Crippen LogP contribution < -0.4 is 4.90 Å². The van der Waals surface area contributed by atoms with Crippen molar-refractivity contribution < 1.29 is 0 Å². The number of nitrogens with zero attached hydrogens (tertiary/aromatic N) is 2. The molecule has 0 unspecified atom stereocenters. The minimum Gasteiger partial charge on any atom is -0.371 e. The summed E-state index contributed by atoms with van der Waals surface area (Å²) < 4.78 is 0. The van der Waals surface area contributed by atoms with E-state index in [1.165, 1.54) is 18.5 Å². The van der Waals surface area contributed by atoms with Crippen molar-refractivity contribution in [2.45, 2.75) is 12.8 Å². The van der Waals surface area contributed by atoms with Crippen LogP contribution in [-0.4, -0.2) is 18.1 Å². The van der Waals surface area contributed by atoms with Crippen LogP contribution in [0.2, 0.25) is 5.02 Å². The molecular weight excluding hydrogens is 220 g/mol. The first-order valence-electron chi connectivity index (χ1n) is 5.64. The molecule has 82 valence electrons. The number of anilines is 1. The molecule has 2 aromatic rings. The molecule has 0 N–H and O–H groups in total. The maximum atomic E-state index is 6.15. The van der Waals surface area contributed by atoms with Crippen molar-refractivity contribution in [1.82, 2.24) is 4.98 Å². The second-order valence-electron chi connectivity index (χ2n) is 4.16. The van der Waals surface area contributed by atoms with Gasteiger partial charge in [0, 0.05) is 30.4 Å². The fraction of sp³-hybridized carbons (Fsp3) is 0.308. The lowest BCUT2D eigenvalue weighted by atomic mass is 10.1. The summed E-state index contributed by atoms with van der Waals surface area (Å²) in [4.78, 5) is 6.77. The zero-order valence-electron chi connectivity index (χ0n) is 8.99. The molecule has 1 aromatic heterocycles. The van der Waals surface area contributed by atoms with Gasteiger partial charge in [0.1, 0.15) is 0 Å². The number of rotatable bonds is 1. The lowest BCUT2D eigenvalue weighted by Gasteiger charge is -2.19. The molecule has 0 aliphatic carbocycles. The Morgan fingerprint density at radius 3 is 2.75 bits per heavy atom. The van der Waals surface area contributed by atoms with E-state index in [-0.39, 0.29) is 0 Å². The van der Waals surface area contributed by atoms with Crippen molar-refractivity contribution >= 4 is 28.2 Å². The fourth-order valence-corrected chi connectivity index (χ4v) is 2.57. The highest BCUT2D eigenvalue weighted by Crippen LogP contribution is 2.32. The van der Waals surface area contributed by atoms with Crippen molar-refractivity contribution in [2.24, 2.45) is 0 Å². The third kappa shape index (κ3) is 1.54. The monoisotopic (exact) mass is 232 g/mol. The molecule has 1 fully saturated rings. The summed E-state index contributed by atoms with van der Waals surface area (Å²) in [5.41, 5.74) is 2.18. The summed E-state index contributed by atoms with van der Waals surface area (Å²) in [6.07, 6.45) is 4.36. The topological polar surface area (TPSA) is 16.1 Å². The zero-order valence-corrected chi connectivity index (χ0v) is 9.74. The van der Waals surface area contributed by atoms with Crippen molar-refractivity contribution in [1.29, 1.82) is 0 Å². The van der Waals surface area contributed by atoms with Gasteiger partial charge in [-0.3, -0.25) is 4.98 Å². The maximum absolute atomic E-state index is 6.15. The molecular formula is C13H13ClN2. The predicted octanol–water partition coefficient (Wildman–Crippen LogP) is 3.49. The smallest absolute Gasteiger partial charge is 0.0908 e. The van der Waals surface area contributed by atoms with Gasteiger partial charge in [-0.15, -0.1) is 0 Å². The molecule has 3 heteroatoms. The van der Waals surface area contributed by atoms with E-state index in [9.17, 15) is 0 Å². The summed E-state index contributed by atoms with van der Waals surface area (Å²) >= 11 is 6.15. The van der Waals surface area contributed by atoms with Gasteiger partial charge in [0.2, 0.25) is 0 Å². The van der Waals surface area contributed by atoms with Gasteiger partial charge in [-0.2, -0.15) is 0 Å². The Morgan fingerprint density at radius 1 is 1.12 bits per heavy atom. The summed E-state index contributed by atoms with van der Waals surface area (Å²) in [6.45, 7) is 2.29. The Bertz CT molecular complexity index is 518. The van der Waals surface area contributed by atoms with Crippen LogP contribution in [-0.2, 0) is 0 Å². The molecule has 1 aliphatic rings. The average molecular weight is 233 g/mol. The third-order valence-electron chi connectivity index (χ3n) is 3.14. The molecule has 16 heavy (non-hydrogen) atoms. The normalized spacial score (nSPS) is 15.9. The Kier molecular flexibility index (Phi) is 2.44. The van der Waals surface area contributed by atoms with Gasteiger partial charge in [0.25, 0.3) is 0 Å². The molecule has 0 atom stereocenters. The highest BCUT2D eigenvalue weighted by atomic mass is 35.5. The van der Waals surface area contributed by atoms with Crippen molar-refractivity contribution in [3.63, 3.8) is 0 Å². The quantitative estimate of drug-likeness (QED) is 0.748. The van der Waals surface area contributed by atoms with Gasteiger partial charge in [0.05, 0.1) is 10.5 Å². The highest BCUT2D eigenvalue weighted by Gasteiger charge is 2.15. The van der Waals surface area contributed by atoms with Gasteiger partial charge in [-0.25, -0.2) is 0 Å². The fourth-order valence-electron chi connectivity index (χ4n) is 2.36. The summed E-state index contributed by atoms with van der Waals surface area (Å²) in [5, 5.41) is 1.90. The first-order valence-corrected chi connectivity index (χ1v) is 6.02. The van der Waals surface area contributed by atoms with Crippen LogP contribution in [0.25, 0.3) is 10.9 Å². The van der Waals surface area contributed by atoms with E-state index < -0.39 is 0 Å². The molecule has 0 radical (unpaired) electrons. The standard InChI is InChI=1S/C13H13ClN2/c14-11-5-6-12(16-8-1-2-9-16)10-4-3-7-15-13(10)11/h3-7H,1-2,8-9H2. The molecule has 1 aliphatic heterocycles. The number of hydrogen-bond donors (Lipinski definition) is 0. The van der Waals surface area contributed by atoms with Gasteiger partial charge in [-0.1, -0.05) is 11.6 Å². The van der Waals surface area contributed by atoms with Crippen LogP contribution in [0.5, 0.6) is 0 Å². The molecule has 2 nitrogen and oxygen atoms in total. The number of pyridine rings is 1. The molecule has 3 rings (SSSR count). The van der Waals surface area contributed by atoms with Gasteiger partial charge < -0.3 is 4.90 Å². The van der Waals surface area contributed by atoms with Crippen LogP contribution in [0.15, 0.2) is 30.5 Å². The summed E-state index contributed by atoms with van der Waals surface area (Å²) in [7, 11) is 0. The van der Waals surface area contributed by atoms with Crippen LogP contribution in [0.1, 0.15) is 12.8 Å². The zero-order chi connectivity index (χ0) is 11.0. The number of benzene rings is 1. The van der Waals surface area contributed by atoms with Gasteiger partial charge in [-0.05, 0) is 37.1 Å². The second-order valence-corrected chi connectivity index (χ2v) is 4.57. The molecule has 1 saturated heterocycles. The van der Waals surface area contributed by atoms with E-state index in [0.717, 1.165) is 29.0 Å². The van der Waals surface area contributed by atoms with Gasteiger partial charge in [0.15, 0.2) is 0 Å². The second kappa shape index (κ2) is 3.95. The molecule has 0 bridgehead atoms. The molecule has 0 saturated carbocycles. The molecule has 1 aromatic carbocycles. The minimum absolute atomic E-state index is 0.735. The SMILES string of the molecule is Clc1ccc(N2CCCC2)c2cccnc12. The lowest BCUT2D eigenvalue weighted by Crippen LogP contribution is -2.17.